The minimum atomic E-state index is -4.95. The van der Waals surface area contributed by atoms with Crippen LogP contribution in [0.5, 0.6) is 0 Å². The fraction of sp³-hybridized carbons (Fsp3) is 0.364. The van der Waals surface area contributed by atoms with Crippen LogP contribution in [0.4, 0.5) is 26.3 Å². The molecule has 1 aromatic carbocycles. The van der Waals surface area contributed by atoms with E-state index in [4.69, 9.17) is 0 Å². The van der Waals surface area contributed by atoms with Gasteiger partial charge in [-0.05, 0) is 23.9 Å². The van der Waals surface area contributed by atoms with Crippen molar-refractivity contribution in [3.63, 3.8) is 0 Å². The van der Waals surface area contributed by atoms with Gasteiger partial charge < -0.3 is 0 Å². The van der Waals surface area contributed by atoms with E-state index in [0.717, 1.165) is 6.07 Å². The van der Waals surface area contributed by atoms with E-state index in [1.54, 1.807) is 0 Å². The minimum Gasteiger partial charge on any atom is -0.294 e. The molecule has 0 N–H and O–H groups in total. The number of thioether (sulfide) groups is 1. The van der Waals surface area contributed by atoms with E-state index in [2.05, 4.69) is 0 Å². The van der Waals surface area contributed by atoms with Gasteiger partial charge in [-0.15, -0.1) is 0 Å². The molecule has 0 unspecified atom stereocenters. The number of hydrogen-bond acceptors (Lipinski definition) is 2. The molecule has 1 aromatic rings. The highest BCUT2D eigenvalue weighted by atomic mass is 32.2. The maximum Gasteiger partial charge on any atom is 0.446 e. The van der Waals surface area contributed by atoms with E-state index in [0.29, 0.717) is 12.1 Å². The second-order valence-electron chi connectivity index (χ2n) is 3.53. The third kappa shape index (κ3) is 4.45. The van der Waals surface area contributed by atoms with Crippen molar-refractivity contribution >= 4 is 17.5 Å². The van der Waals surface area contributed by atoms with Crippen molar-refractivity contribution in [3.8, 4) is 0 Å². The standard InChI is InChI=1S/C11H8F6OS/c1-2-8(18)6-3-4-9(19-11(15,16)17)7(5-6)10(12,13)14/h3-5H,2H2,1H3. The smallest absolute Gasteiger partial charge is 0.294 e. The van der Waals surface area contributed by atoms with Crippen molar-refractivity contribution in [1.29, 1.82) is 0 Å². The molecule has 1 nitrogen and oxygen atoms in total. The zero-order valence-corrected chi connectivity index (χ0v) is 10.3. The van der Waals surface area contributed by atoms with Crippen LogP contribution in [0.25, 0.3) is 0 Å². The number of alkyl halides is 6. The Balaban J connectivity index is 3.29. The molecule has 0 atom stereocenters. The van der Waals surface area contributed by atoms with Crippen LogP contribution in [0, 0.1) is 0 Å². The molecule has 0 amide bonds. The highest BCUT2D eigenvalue weighted by Crippen LogP contribution is 2.43. The fourth-order valence-electron chi connectivity index (χ4n) is 1.34. The Morgan fingerprint density at radius 1 is 1.16 bits per heavy atom. The summed E-state index contributed by atoms with van der Waals surface area (Å²) in [4.78, 5) is 10.3. The van der Waals surface area contributed by atoms with Crippen molar-refractivity contribution in [3.05, 3.63) is 29.3 Å². The second kappa shape index (κ2) is 5.44. The Labute approximate surface area is 109 Å². The predicted octanol–water partition coefficient (Wildman–Crippen LogP) is 4.91. The number of hydrogen-bond donors (Lipinski definition) is 0. The van der Waals surface area contributed by atoms with E-state index in [1.165, 1.54) is 6.92 Å². The summed E-state index contributed by atoms with van der Waals surface area (Å²) in [5.74, 6) is -0.561. The Morgan fingerprint density at radius 2 is 1.74 bits per heavy atom. The van der Waals surface area contributed by atoms with Crippen LogP contribution in [0.15, 0.2) is 23.1 Å². The minimum absolute atomic E-state index is 0.0247. The first kappa shape index (κ1) is 15.9. The molecular weight excluding hydrogens is 294 g/mol. The molecule has 0 heterocycles. The van der Waals surface area contributed by atoms with Gasteiger partial charge in [-0.25, -0.2) is 0 Å². The highest BCUT2D eigenvalue weighted by molar-refractivity contribution is 8.00. The molecule has 106 valence electrons. The van der Waals surface area contributed by atoms with Crippen LogP contribution < -0.4 is 0 Å². The van der Waals surface area contributed by atoms with E-state index in [9.17, 15) is 31.1 Å². The average molecular weight is 302 g/mol. The Bertz CT molecular complexity index is 477. The molecule has 0 radical (unpaired) electrons. The topological polar surface area (TPSA) is 17.1 Å². The van der Waals surface area contributed by atoms with Crippen molar-refractivity contribution in [2.45, 2.75) is 29.9 Å². The van der Waals surface area contributed by atoms with Gasteiger partial charge in [0.2, 0.25) is 0 Å². The van der Waals surface area contributed by atoms with Crippen molar-refractivity contribution in [2.75, 3.05) is 0 Å². The third-order valence-corrected chi connectivity index (χ3v) is 2.96. The first-order chi connectivity index (χ1) is 8.54. The predicted molar refractivity (Wildman–Crippen MR) is 58.0 cm³/mol. The van der Waals surface area contributed by atoms with Gasteiger partial charge in [0.1, 0.15) is 0 Å². The third-order valence-electron chi connectivity index (χ3n) is 2.15. The molecule has 0 aliphatic carbocycles. The number of benzene rings is 1. The lowest BCUT2D eigenvalue weighted by Crippen LogP contribution is -2.11. The lowest BCUT2D eigenvalue weighted by atomic mass is 10.1. The molecule has 0 bridgehead atoms. The molecule has 0 aliphatic rings. The van der Waals surface area contributed by atoms with Gasteiger partial charge in [0, 0.05) is 16.9 Å². The number of rotatable bonds is 3. The van der Waals surface area contributed by atoms with Crippen molar-refractivity contribution in [2.24, 2.45) is 0 Å². The van der Waals surface area contributed by atoms with Gasteiger partial charge in [0.25, 0.3) is 0 Å². The molecule has 8 heteroatoms. The summed E-state index contributed by atoms with van der Waals surface area (Å²) in [6.45, 7) is 1.45. The van der Waals surface area contributed by atoms with Crippen LogP contribution in [-0.4, -0.2) is 11.3 Å². The van der Waals surface area contributed by atoms with E-state index >= 15 is 0 Å². The van der Waals surface area contributed by atoms with Gasteiger partial charge in [0.15, 0.2) is 5.78 Å². The highest BCUT2D eigenvalue weighted by Gasteiger charge is 2.38. The largest absolute Gasteiger partial charge is 0.446 e. The fourth-order valence-corrected chi connectivity index (χ4v) is 2.01. The summed E-state index contributed by atoms with van der Waals surface area (Å²) in [6, 6.07) is 2.10. The van der Waals surface area contributed by atoms with Crippen LogP contribution in [-0.2, 0) is 6.18 Å². The van der Waals surface area contributed by atoms with Crippen LogP contribution in [0.2, 0.25) is 0 Å². The molecule has 0 spiro atoms. The summed E-state index contributed by atoms with van der Waals surface area (Å²) in [5, 5.41) is 0. The maximum absolute atomic E-state index is 12.7. The van der Waals surface area contributed by atoms with Gasteiger partial charge in [-0.1, -0.05) is 13.0 Å². The van der Waals surface area contributed by atoms with Gasteiger partial charge in [-0.2, -0.15) is 26.3 Å². The van der Waals surface area contributed by atoms with Gasteiger partial charge in [-0.3, -0.25) is 4.79 Å². The van der Waals surface area contributed by atoms with E-state index < -0.39 is 39.7 Å². The zero-order valence-electron chi connectivity index (χ0n) is 9.52. The van der Waals surface area contributed by atoms with Crippen LogP contribution >= 0.6 is 11.8 Å². The lowest BCUT2D eigenvalue weighted by molar-refractivity contribution is -0.139. The van der Waals surface area contributed by atoms with E-state index in [1.807, 2.05) is 0 Å². The van der Waals surface area contributed by atoms with Crippen molar-refractivity contribution < 1.29 is 31.1 Å². The summed E-state index contributed by atoms with van der Waals surface area (Å²) in [7, 11) is 0. The van der Waals surface area contributed by atoms with Crippen molar-refractivity contribution in [1.82, 2.24) is 0 Å². The molecule has 19 heavy (non-hydrogen) atoms. The van der Waals surface area contributed by atoms with Gasteiger partial charge in [0.05, 0.1) is 5.56 Å². The number of ketones is 1. The monoisotopic (exact) mass is 302 g/mol. The average Bonchev–Trinajstić information content (AvgIpc) is 2.25. The Kier molecular flexibility index (Phi) is 4.54. The molecule has 0 fully saturated rings. The molecule has 1 rings (SSSR count). The first-order valence-corrected chi connectivity index (χ1v) is 5.86. The molecule has 0 aliphatic heterocycles. The maximum atomic E-state index is 12.7. The summed E-state index contributed by atoms with van der Waals surface area (Å²) < 4.78 is 74.5. The van der Waals surface area contributed by atoms with E-state index in [-0.39, 0.29) is 12.0 Å². The number of halogens is 6. The summed E-state index contributed by atoms with van der Waals surface area (Å²) >= 11 is -0.849. The zero-order chi connectivity index (χ0) is 14.8. The molecular formula is C11H8F6OS. The summed E-state index contributed by atoms with van der Waals surface area (Å²) in [5.41, 5.74) is -6.52. The quantitative estimate of drug-likeness (QED) is 0.448. The number of carbonyl (C=O) groups excluding carboxylic acids is 1. The number of carbonyl (C=O) groups is 1. The van der Waals surface area contributed by atoms with Crippen LogP contribution in [0.3, 0.4) is 0 Å². The second-order valence-corrected chi connectivity index (χ2v) is 4.64. The lowest BCUT2D eigenvalue weighted by Gasteiger charge is -2.14. The van der Waals surface area contributed by atoms with Crippen LogP contribution in [0.1, 0.15) is 29.3 Å². The summed E-state index contributed by atoms with van der Waals surface area (Å²) in [6.07, 6.45) is -4.97. The normalized spacial score (nSPS) is 12.6. The number of Topliss-reactive ketones (excluding diaryl/α,β-unsaturated/α-hetero) is 1. The molecule has 0 saturated heterocycles. The Morgan fingerprint density at radius 3 is 2.16 bits per heavy atom. The SMILES string of the molecule is CCC(=O)c1ccc(SC(F)(F)F)c(C(F)(F)F)c1. The molecule has 0 saturated carbocycles. The van der Waals surface area contributed by atoms with Gasteiger partial charge >= 0.3 is 11.7 Å². The first-order valence-electron chi connectivity index (χ1n) is 5.04. The Hall–Kier alpha value is -1.18. The molecule has 0 aromatic heterocycles.